The van der Waals surface area contributed by atoms with Crippen molar-refractivity contribution in [2.45, 2.75) is 31.7 Å². The van der Waals surface area contributed by atoms with Crippen molar-refractivity contribution in [2.24, 2.45) is 5.41 Å². The smallest absolute Gasteiger partial charge is 0.207 e. The van der Waals surface area contributed by atoms with E-state index in [1.807, 2.05) is 6.07 Å². The SMILES string of the molecule is CC(C)(C)C1CN1S(=O)(=O)c1ccccc1. The summed E-state index contributed by atoms with van der Waals surface area (Å²) in [7, 11) is -3.26. The minimum atomic E-state index is -3.26. The highest BCUT2D eigenvalue weighted by Crippen LogP contribution is 2.39. The third-order valence-electron chi connectivity index (χ3n) is 2.92. The monoisotopic (exact) mass is 239 g/mol. The van der Waals surface area contributed by atoms with Crippen molar-refractivity contribution < 1.29 is 8.42 Å². The predicted octanol–water partition coefficient (Wildman–Crippen LogP) is 2.11. The van der Waals surface area contributed by atoms with Gasteiger partial charge in [-0.15, -0.1) is 0 Å². The van der Waals surface area contributed by atoms with Crippen LogP contribution in [0.1, 0.15) is 20.8 Å². The number of benzene rings is 1. The molecule has 0 aliphatic carbocycles. The summed E-state index contributed by atoms with van der Waals surface area (Å²) < 4.78 is 25.9. The first-order valence-electron chi connectivity index (χ1n) is 5.40. The van der Waals surface area contributed by atoms with Gasteiger partial charge in [0.05, 0.1) is 4.90 Å². The molecule has 4 heteroatoms. The minimum Gasteiger partial charge on any atom is -0.207 e. The van der Waals surface area contributed by atoms with Gasteiger partial charge in [0.25, 0.3) is 0 Å². The lowest BCUT2D eigenvalue weighted by atomic mass is 9.92. The first kappa shape index (κ1) is 11.6. The summed E-state index contributed by atoms with van der Waals surface area (Å²) in [5, 5.41) is 0. The summed E-state index contributed by atoms with van der Waals surface area (Å²) in [5.74, 6) is 0. The molecule has 16 heavy (non-hydrogen) atoms. The predicted molar refractivity (Wildman–Crippen MR) is 63.6 cm³/mol. The number of sulfonamides is 1. The second kappa shape index (κ2) is 3.57. The third-order valence-corrected chi connectivity index (χ3v) is 4.81. The van der Waals surface area contributed by atoms with Gasteiger partial charge < -0.3 is 0 Å². The molecule has 0 radical (unpaired) electrons. The van der Waals surface area contributed by atoms with Crippen LogP contribution in [0.15, 0.2) is 35.2 Å². The molecule has 1 fully saturated rings. The molecule has 1 heterocycles. The zero-order valence-electron chi connectivity index (χ0n) is 9.84. The lowest BCUT2D eigenvalue weighted by Crippen LogP contribution is -2.23. The maximum Gasteiger partial charge on any atom is 0.243 e. The van der Waals surface area contributed by atoms with E-state index < -0.39 is 10.0 Å². The van der Waals surface area contributed by atoms with Gasteiger partial charge in [-0.25, -0.2) is 8.42 Å². The Kier molecular flexibility index (Phi) is 2.59. The van der Waals surface area contributed by atoms with Crippen molar-refractivity contribution in [3.05, 3.63) is 30.3 Å². The highest BCUT2D eigenvalue weighted by molar-refractivity contribution is 7.89. The zero-order valence-corrected chi connectivity index (χ0v) is 10.7. The molecule has 0 aromatic heterocycles. The Balaban J connectivity index is 2.25. The average Bonchev–Trinajstić information content (AvgIpc) is 2.98. The second-order valence-corrected chi connectivity index (χ2v) is 7.16. The molecule has 2 atom stereocenters. The average molecular weight is 239 g/mol. The summed E-state index contributed by atoms with van der Waals surface area (Å²) >= 11 is 0. The molecule has 0 bridgehead atoms. The maximum atomic E-state index is 12.2. The molecule has 1 aromatic carbocycles. The molecular formula is C12H17NO2S. The van der Waals surface area contributed by atoms with E-state index in [9.17, 15) is 8.42 Å². The van der Waals surface area contributed by atoms with Crippen LogP contribution >= 0.6 is 0 Å². The first-order chi connectivity index (χ1) is 7.33. The van der Waals surface area contributed by atoms with Crippen LogP contribution in [-0.4, -0.2) is 25.3 Å². The standard InChI is InChI=1S/C12H17NO2S/c1-12(2,3)11-9-13(11)16(14,15)10-7-5-4-6-8-10/h4-8,11H,9H2,1-3H3. The van der Waals surface area contributed by atoms with Crippen LogP contribution in [0.4, 0.5) is 0 Å². The summed E-state index contributed by atoms with van der Waals surface area (Å²) in [6.45, 7) is 6.84. The van der Waals surface area contributed by atoms with Gasteiger partial charge in [0.1, 0.15) is 0 Å². The fourth-order valence-electron chi connectivity index (χ4n) is 1.82. The van der Waals surface area contributed by atoms with Gasteiger partial charge in [-0.2, -0.15) is 4.31 Å². The molecule has 1 saturated heterocycles. The van der Waals surface area contributed by atoms with E-state index in [-0.39, 0.29) is 11.5 Å². The third kappa shape index (κ3) is 1.99. The Labute approximate surface area is 97.1 Å². The van der Waals surface area contributed by atoms with Crippen LogP contribution in [0, 0.1) is 5.41 Å². The molecule has 88 valence electrons. The summed E-state index contributed by atoms with van der Waals surface area (Å²) in [5.41, 5.74) is 0.0157. The van der Waals surface area contributed by atoms with Gasteiger partial charge in [-0.1, -0.05) is 39.0 Å². The maximum absolute atomic E-state index is 12.2. The molecule has 1 aliphatic heterocycles. The Morgan fingerprint density at radius 3 is 2.19 bits per heavy atom. The molecule has 0 amide bonds. The van der Waals surface area contributed by atoms with E-state index >= 15 is 0 Å². The molecule has 0 N–H and O–H groups in total. The highest BCUT2D eigenvalue weighted by atomic mass is 32.2. The molecule has 2 rings (SSSR count). The van der Waals surface area contributed by atoms with Crippen molar-refractivity contribution in [1.82, 2.24) is 4.31 Å². The van der Waals surface area contributed by atoms with Gasteiger partial charge in [0.2, 0.25) is 10.0 Å². The lowest BCUT2D eigenvalue weighted by Gasteiger charge is -2.18. The number of hydrogen-bond donors (Lipinski definition) is 0. The van der Waals surface area contributed by atoms with E-state index in [1.54, 1.807) is 28.6 Å². The molecule has 0 spiro atoms. The van der Waals surface area contributed by atoms with Crippen molar-refractivity contribution in [1.29, 1.82) is 0 Å². The number of rotatable bonds is 2. The number of nitrogens with zero attached hydrogens (tertiary/aromatic N) is 1. The fraction of sp³-hybridized carbons (Fsp3) is 0.500. The van der Waals surface area contributed by atoms with Crippen molar-refractivity contribution in [3.63, 3.8) is 0 Å². The van der Waals surface area contributed by atoms with Gasteiger partial charge in [0, 0.05) is 12.6 Å². The number of hydrogen-bond acceptors (Lipinski definition) is 2. The van der Waals surface area contributed by atoms with Crippen LogP contribution in [-0.2, 0) is 10.0 Å². The Morgan fingerprint density at radius 2 is 1.75 bits per heavy atom. The lowest BCUT2D eigenvalue weighted by molar-refractivity contribution is 0.370. The first-order valence-corrected chi connectivity index (χ1v) is 6.84. The quantitative estimate of drug-likeness (QED) is 0.741. The molecule has 1 aromatic rings. The van der Waals surface area contributed by atoms with E-state index in [2.05, 4.69) is 20.8 Å². The van der Waals surface area contributed by atoms with Crippen molar-refractivity contribution in [3.8, 4) is 0 Å². The Morgan fingerprint density at radius 1 is 1.19 bits per heavy atom. The Hall–Kier alpha value is -0.870. The van der Waals surface area contributed by atoms with E-state index in [1.165, 1.54) is 0 Å². The van der Waals surface area contributed by atoms with Crippen LogP contribution in [0.2, 0.25) is 0 Å². The highest BCUT2D eigenvalue weighted by Gasteiger charge is 2.50. The topological polar surface area (TPSA) is 37.1 Å². The van der Waals surface area contributed by atoms with E-state index in [0.29, 0.717) is 11.4 Å². The second-order valence-electron chi connectivity index (χ2n) is 5.27. The fourth-order valence-corrected chi connectivity index (χ4v) is 3.58. The van der Waals surface area contributed by atoms with Gasteiger partial charge in [-0.05, 0) is 17.5 Å². The minimum absolute atomic E-state index is 0.0157. The van der Waals surface area contributed by atoms with Crippen LogP contribution < -0.4 is 0 Å². The summed E-state index contributed by atoms with van der Waals surface area (Å²) in [6, 6.07) is 8.76. The summed E-state index contributed by atoms with van der Waals surface area (Å²) in [4.78, 5) is 0.391. The van der Waals surface area contributed by atoms with Gasteiger partial charge >= 0.3 is 0 Å². The van der Waals surface area contributed by atoms with Crippen LogP contribution in [0.25, 0.3) is 0 Å². The van der Waals surface area contributed by atoms with Crippen molar-refractivity contribution >= 4 is 10.0 Å². The molecule has 0 saturated carbocycles. The van der Waals surface area contributed by atoms with E-state index in [4.69, 9.17) is 0 Å². The normalized spacial score (nSPS) is 25.4. The van der Waals surface area contributed by atoms with E-state index in [0.717, 1.165) is 0 Å². The van der Waals surface area contributed by atoms with Crippen LogP contribution in [0.5, 0.6) is 0 Å². The van der Waals surface area contributed by atoms with Crippen molar-refractivity contribution in [2.75, 3.05) is 6.54 Å². The zero-order chi connectivity index (χ0) is 12.0. The molecule has 2 unspecified atom stereocenters. The summed E-state index contributed by atoms with van der Waals surface area (Å²) in [6.07, 6.45) is 0. The van der Waals surface area contributed by atoms with Gasteiger partial charge in [-0.3, -0.25) is 0 Å². The largest absolute Gasteiger partial charge is 0.243 e. The Bertz CT molecular complexity index is 473. The molecule has 1 aliphatic rings. The molecule has 3 nitrogen and oxygen atoms in total. The van der Waals surface area contributed by atoms with Gasteiger partial charge in [0.15, 0.2) is 0 Å². The van der Waals surface area contributed by atoms with Crippen LogP contribution in [0.3, 0.4) is 0 Å². The molecular weight excluding hydrogens is 222 g/mol.